The van der Waals surface area contributed by atoms with Gasteiger partial charge in [0.1, 0.15) is 0 Å². The second-order valence-corrected chi connectivity index (χ2v) is 7.31. The molecule has 5 nitrogen and oxygen atoms in total. The van der Waals surface area contributed by atoms with Crippen LogP contribution in [0.5, 0.6) is 0 Å². The molecule has 1 fully saturated rings. The molecule has 0 aromatic rings. The summed E-state index contributed by atoms with van der Waals surface area (Å²) in [6.07, 6.45) is 3.98. The van der Waals surface area contributed by atoms with E-state index in [1.54, 1.807) is 0 Å². The lowest BCUT2D eigenvalue weighted by molar-refractivity contribution is -0.120. The van der Waals surface area contributed by atoms with E-state index in [1.165, 1.54) is 18.6 Å². The van der Waals surface area contributed by atoms with Gasteiger partial charge in [0.05, 0.1) is 6.54 Å². The van der Waals surface area contributed by atoms with Crippen LogP contribution in [-0.4, -0.2) is 48.5 Å². The van der Waals surface area contributed by atoms with Crippen molar-refractivity contribution in [2.75, 3.05) is 31.9 Å². The summed E-state index contributed by atoms with van der Waals surface area (Å²) in [5.41, 5.74) is 0. The molecule has 0 saturated carbocycles. The minimum Gasteiger partial charge on any atom is -0.357 e. The third kappa shape index (κ3) is 9.07. The Bertz CT molecular complexity index is 346. The number of carbonyl (C=O) groups excluding carboxylic acids is 1. The second-order valence-electron chi connectivity index (χ2n) is 5.62. The first-order valence-electron chi connectivity index (χ1n) is 8.02. The first-order valence-corrected chi connectivity index (χ1v) is 9.01. The maximum absolute atomic E-state index is 11.5. The maximum atomic E-state index is 11.5. The van der Waals surface area contributed by atoms with E-state index in [-0.39, 0.29) is 34.6 Å². The molecule has 1 amide bonds. The molecule has 0 aromatic carbocycles. The van der Waals surface area contributed by atoms with E-state index >= 15 is 0 Å². The van der Waals surface area contributed by atoms with Gasteiger partial charge in [0, 0.05) is 30.8 Å². The zero-order chi connectivity index (χ0) is 15.6. The van der Waals surface area contributed by atoms with Gasteiger partial charge in [-0.2, -0.15) is 11.8 Å². The lowest BCUT2D eigenvalue weighted by atomic mass is 10.1. The van der Waals surface area contributed by atoms with Crippen molar-refractivity contribution in [2.45, 2.75) is 51.2 Å². The number of aliphatic imine (C=N–C) groups is 1. The van der Waals surface area contributed by atoms with Crippen LogP contribution in [0.15, 0.2) is 4.99 Å². The average Bonchev–Trinajstić information content (AvgIpc) is 2.90. The molecule has 1 aliphatic rings. The minimum atomic E-state index is 0. The van der Waals surface area contributed by atoms with Crippen LogP contribution in [0.25, 0.3) is 0 Å². The van der Waals surface area contributed by atoms with Gasteiger partial charge in [0.15, 0.2) is 5.96 Å². The van der Waals surface area contributed by atoms with Crippen LogP contribution in [0.4, 0.5) is 0 Å². The maximum Gasteiger partial charge on any atom is 0.221 e. The Morgan fingerprint density at radius 1 is 1.23 bits per heavy atom. The van der Waals surface area contributed by atoms with Crippen LogP contribution in [0, 0.1) is 0 Å². The summed E-state index contributed by atoms with van der Waals surface area (Å²) in [6, 6.07) is 0. The molecule has 1 unspecified atom stereocenters. The first kappa shape index (κ1) is 21.8. The standard InChI is InChI=1S/C15H30N4OS.HI/c1-4-9-17-13(20)7-10-18-14(16-5-2)19-12-15(3)8-6-11-21-15;/h4-12H2,1-3H3,(H,17,20)(H2,16,18,19);1H. The third-order valence-corrected chi connectivity index (χ3v) is 4.96. The Kier molecular flexibility index (Phi) is 12.2. The number of rotatable bonds is 8. The lowest BCUT2D eigenvalue weighted by Gasteiger charge is -2.21. The first-order chi connectivity index (χ1) is 10.1. The monoisotopic (exact) mass is 442 g/mol. The Morgan fingerprint density at radius 3 is 2.59 bits per heavy atom. The fourth-order valence-electron chi connectivity index (χ4n) is 2.20. The molecule has 22 heavy (non-hydrogen) atoms. The van der Waals surface area contributed by atoms with Crippen LogP contribution < -0.4 is 16.0 Å². The number of nitrogens with one attached hydrogen (secondary N) is 3. The van der Waals surface area contributed by atoms with E-state index in [4.69, 9.17) is 0 Å². The lowest BCUT2D eigenvalue weighted by Crippen LogP contribution is -2.40. The van der Waals surface area contributed by atoms with Crippen molar-refractivity contribution in [1.29, 1.82) is 0 Å². The summed E-state index contributed by atoms with van der Waals surface area (Å²) in [4.78, 5) is 16.2. The molecule has 3 N–H and O–H groups in total. The smallest absolute Gasteiger partial charge is 0.221 e. The highest BCUT2D eigenvalue weighted by Gasteiger charge is 2.29. The summed E-state index contributed by atoms with van der Waals surface area (Å²) >= 11 is 2.02. The number of hydrogen-bond acceptors (Lipinski definition) is 3. The number of amides is 1. The van der Waals surface area contributed by atoms with Gasteiger partial charge < -0.3 is 16.0 Å². The predicted molar refractivity (Wildman–Crippen MR) is 107 cm³/mol. The molecule has 1 rings (SSSR count). The van der Waals surface area contributed by atoms with Crippen LogP contribution in [0.2, 0.25) is 0 Å². The van der Waals surface area contributed by atoms with Gasteiger partial charge >= 0.3 is 0 Å². The van der Waals surface area contributed by atoms with E-state index < -0.39 is 0 Å². The Balaban J connectivity index is 0.00000441. The Morgan fingerprint density at radius 2 is 2.00 bits per heavy atom. The molecule has 0 bridgehead atoms. The number of guanidine groups is 1. The molecule has 1 aliphatic heterocycles. The Hall–Kier alpha value is -0.180. The van der Waals surface area contributed by atoms with Gasteiger partial charge in [0.25, 0.3) is 0 Å². The highest BCUT2D eigenvalue weighted by atomic mass is 127. The van der Waals surface area contributed by atoms with E-state index in [0.29, 0.717) is 13.0 Å². The van der Waals surface area contributed by atoms with Crippen molar-refractivity contribution in [2.24, 2.45) is 4.99 Å². The van der Waals surface area contributed by atoms with Gasteiger partial charge in [0.2, 0.25) is 5.91 Å². The fourth-order valence-corrected chi connectivity index (χ4v) is 3.42. The summed E-state index contributed by atoms with van der Waals surface area (Å²) in [5.74, 6) is 2.15. The molecule has 0 radical (unpaired) electrons. The van der Waals surface area contributed by atoms with Crippen molar-refractivity contribution in [1.82, 2.24) is 16.0 Å². The second kappa shape index (κ2) is 12.3. The molecule has 0 spiro atoms. The SMILES string of the molecule is CCCNC(=O)CCNC(=NCC1(C)CCCS1)NCC.I. The van der Waals surface area contributed by atoms with Crippen molar-refractivity contribution in [3.05, 3.63) is 0 Å². The van der Waals surface area contributed by atoms with Crippen molar-refractivity contribution >= 4 is 47.6 Å². The molecular formula is C15H31IN4OS. The van der Waals surface area contributed by atoms with E-state index in [0.717, 1.165) is 32.0 Å². The number of carbonyl (C=O) groups is 1. The third-order valence-electron chi connectivity index (χ3n) is 3.43. The molecule has 7 heteroatoms. The summed E-state index contributed by atoms with van der Waals surface area (Å²) in [6.45, 7) is 9.42. The zero-order valence-electron chi connectivity index (χ0n) is 14.0. The van der Waals surface area contributed by atoms with Crippen molar-refractivity contribution < 1.29 is 4.79 Å². The van der Waals surface area contributed by atoms with Gasteiger partial charge in [-0.25, -0.2) is 0 Å². The number of nitrogens with zero attached hydrogens (tertiary/aromatic N) is 1. The van der Waals surface area contributed by atoms with Gasteiger partial charge in [-0.05, 0) is 38.9 Å². The topological polar surface area (TPSA) is 65.5 Å². The summed E-state index contributed by atoms with van der Waals surface area (Å²) in [7, 11) is 0. The number of thioether (sulfide) groups is 1. The largest absolute Gasteiger partial charge is 0.357 e. The van der Waals surface area contributed by atoms with Gasteiger partial charge in [-0.15, -0.1) is 24.0 Å². The quantitative estimate of drug-likeness (QED) is 0.307. The van der Waals surface area contributed by atoms with E-state index in [9.17, 15) is 4.79 Å². The molecule has 0 aromatic heterocycles. The fraction of sp³-hybridized carbons (Fsp3) is 0.867. The molecular weight excluding hydrogens is 411 g/mol. The van der Waals surface area contributed by atoms with Crippen molar-refractivity contribution in [3.63, 3.8) is 0 Å². The Labute approximate surface area is 156 Å². The van der Waals surface area contributed by atoms with Crippen molar-refractivity contribution in [3.8, 4) is 0 Å². The molecule has 0 aliphatic carbocycles. The number of halogens is 1. The average molecular weight is 442 g/mol. The van der Waals surface area contributed by atoms with Crippen LogP contribution in [0.3, 0.4) is 0 Å². The van der Waals surface area contributed by atoms with E-state index in [2.05, 4.69) is 41.7 Å². The van der Waals surface area contributed by atoms with Gasteiger partial charge in [-0.3, -0.25) is 9.79 Å². The summed E-state index contributed by atoms with van der Waals surface area (Å²) < 4.78 is 0.279. The molecule has 1 heterocycles. The van der Waals surface area contributed by atoms with E-state index in [1.807, 2.05) is 11.8 Å². The summed E-state index contributed by atoms with van der Waals surface area (Å²) in [5, 5.41) is 9.35. The van der Waals surface area contributed by atoms with Crippen LogP contribution in [0.1, 0.15) is 46.5 Å². The number of hydrogen-bond donors (Lipinski definition) is 3. The van der Waals surface area contributed by atoms with Crippen LogP contribution >= 0.6 is 35.7 Å². The van der Waals surface area contributed by atoms with Gasteiger partial charge in [-0.1, -0.05) is 6.92 Å². The molecule has 130 valence electrons. The minimum absolute atomic E-state index is 0. The van der Waals surface area contributed by atoms with Crippen LogP contribution in [-0.2, 0) is 4.79 Å². The molecule has 1 atom stereocenters. The highest BCUT2D eigenvalue weighted by molar-refractivity contribution is 14.0. The zero-order valence-corrected chi connectivity index (χ0v) is 17.2. The normalized spacial score (nSPS) is 21.1. The molecule has 1 saturated heterocycles. The highest BCUT2D eigenvalue weighted by Crippen LogP contribution is 2.37. The predicted octanol–water partition coefficient (Wildman–Crippen LogP) is 2.36.